The topological polar surface area (TPSA) is 29.1 Å². The van der Waals surface area contributed by atoms with Crippen LogP contribution >= 0.6 is 11.8 Å². The van der Waals surface area contributed by atoms with Gasteiger partial charge in [0.2, 0.25) is 0 Å². The summed E-state index contributed by atoms with van der Waals surface area (Å²) in [5, 5.41) is 3.16. The van der Waals surface area contributed by atoms with E-state index in [2.05, 4.69) is 49.5 Å². The van der Waals surface area contributed by atoms with Crippen LogP contribution in [-0.2, 0) is 5.75 Å². The van der Waals surface area contributed by atoms with E-state index < -0.39 is 0 Å². The normalized spacial score (nSPS) is 11.8. The minimum Gasteiger partial charge on any atom is -0.345 e. The monoisotopic (exact) mass is 375 g/mol. The molecule has 1 N–H and O–H groups in total. The number of carbonyl (C=O) groups excluding carboxylic acids is 1. The molecular formula is C24H25NOS. The van der Waals surface area contributed by atoms with Crippen LogP contribution in [0, 0.1) is 13.8 Å². The fraction of sp³-hybridized carbons (Fsp3) is 0.208. The van der Waals surface area contributed by atoms with Crippen molar-refractivity contribution in [3.05, 3.63) is 101 Å². The maximum Gasteiger partial charge on any atom is 0.252 e. The molecule has 0 aliphatic carbocycles. The second-order valence-corrected chi connectivity index (χ2v) is 7.84. The molecule has 2 nitrogen and oxygen atoms in total. The molecule has 0 aliphatic heterocycles. The highest BCUT2D eigenvalue weighted by Gasteiger charge is 2.16. The number of thioether (sulfide) groups is 1. The van der Waals surface area contributed by atoms with Gasteiger partial charge in [0.25, 0.3) is 5.91 Å². The maximum absolute atomic E-state index is 12.9. The van der Waals surface area contributed by atoms with Crippen LogP contribution in [-0.4, -0.2) is 5.91 Å². The van der Waals surface area contributed by atoms with E-state index in [1.54, 1.807) is 11.8 Å². The van der Waals surface area contributed by atoms with Gasteiger partial charge in [-0.25, -0.2) is 0 Å². The van der Waals surface area contributed by atoms with Gasteiger partial charge in [-0.15, -0.1) is 11.8 Å². The van der Waals surface area contributed by atoms with E-state index in [1.165, 1.54) is 16.7 Å². The van der Waals surface area contributed by atoms with Crippen LogP contribution in [0.1, 0.15) is 45.6 Å². The number of carbonyl (C=O) groups is 1. The molecule has 0 aromatic heterocycles. The molecule has 0 bridgehead atoms. The number of benzene rings is 3. The minimum absolute atomic E-state index is 0.0290. The highest BCUT2D eigenvalue weighted by atomic mass is 32.2. The number of amides is 1. The molecule has 0 aliphatic rings. The lowest BCUT2D eigenvalue weighted by molar-refractivity contribution is 0.0937. The van der Waals surface area contributed by atoms with Crippen LogP contribution in [0.2, 0.25) is 0 Å². The largest absolute Gasteiger partial charge is 0.345 e. The standard InChI is InChI=1S/C24H25NOS/c1-17-13-14-21(18(2)15-17)19(3)25-24(26)22-11-7-8-12-23(22)27-16-20-9-5-4-6-10-20/h4-15,19H,16H2,1-3H3,(H,25,26). The molecule has 0 heterocycles. The molecule has 3 heteroatoms. The van der Waals surface area contributed by atoms with Gasteiger partial charge >= 0.3 is 0 Å². The number of hydrogen-bond donors (Lipinski definition) is 1. The Morgan fingerprint density at radius 2 is 1.67 bits per heavy atom. The van der Waals surface area contributed by atoms with Gasteiger partial charge in [-0.1, -0.05) is 66.2 Å². The molecule has 1 atom stereocenters. The summed E-state index contributed by atoms with van der Waals surface area (Å²) in [6.45, 7) is 6.21. The Balaban J connectivity index is 1.73. The van der Waals surface area contributed by atoms with Crippen molar-refractivity contribution < 1.29 is 4.79 Å². The zero-order valence-corrected chi connectivity index (χ0v) is 16.8. The van der Waals surface area contributed by atoms with Crippen LogP contribution in [0.5, 0.6) is 0 Å². The summed E-state index contributed by atoms with van der Waals surface area (Å²) in [4.78, 5) is 13.9. The summed E-state index contributed by atoms with van der Waals surface area (Å²) >= 11 is 1.70. The molecule has 3 aromatic rings. The van der Waals surface area contributed by atoms with Crippen LogP contribution < -0.4 is 5.32 Å². The van der Waals surface area contributed by atoms with E-state index in [9.17, 15) is 4.79 Å². The first kappa shape index (κ1) is 19.2. The summed E-state index contributed by atoms with van der Waals surface area (Å²) in [5.41, 5.74) is 5.58. The Morgan fingerprint density at radius 3 is 2.41 bits per heavy atom. The van der Waals surface area contributed by atoms with Crippen molar-refractivity contribution in [1.82, 2.24) is 5.32 Å². The zero-order valence-electron chi connectivity index (χ0n) is 16.0. The molecule has 0 radical (unpaired) electrons. The van der Waals surface area contributed by atoms with E-state index >= 15 is 0 Å². The van der Waals surface area contributed by atoms with Gasteiger partial charge in [0.05, 0.1) is 11.6 Å². The summed E-state index contributed by atoms with van der Waals surface area (Å²) in [7, 11) is 0. The van der Waals surface area contributed by atoms with E-state index in [1.807, 2.05) is 49.4 Å². The summed E-state index contributed by atoms with van der Waals surface area (Å²) < 4.78 is 0. The fourth-order valence-electron chi connectivity index (χ4n) is 3.18. The first-order valence-electron chi connectivity index (χ1n) is 9.18. The highest BCUT2D eigenvalue weighted by Crippen LogP contribution is 2.27. The zero-order chi connectivity index (χ0) is 19.2. The van der Waals surface area contributed by atoms with Crippen LogP contribution in [0.4, 0.5) is 0 Å². The Bertz CT molecular complexity index is 921. The first-order chi connectivity index (χ1) is 13.0. The Hall–Kier alpha value is -2.52. The molecule has 27 heavy (non-hydrogen) atoms. The van der Waals surface area contributed by atoms with Crippen molar-refractivity contribution >= 4 is 17.7 Å². The van der Waals surface area contributed by atoms with Crippen molar-refractivity contribution in [2.75, 3.05) is 0 Å². The first-order valence-corrected chi connectivity index (χ1v) is 10.2. The highest BCUT2D eigenvalue weighted by molar-refractivity contribution is 7.98. The fourth-order valence-corrected chi connectivity index (χ4v) is 4.18. The van der Waals surface area contributed by atoms with Crippen molar-refractivity contribution in [1.29, 1.82) is 0 Å². The number of aryl methyl sites for hydroxylation is 2. The van der Waals surface area contributed by atoms with Crippen molar-refractivity contribution in [2.45, 2.75) is 37.5 Å². The summed E-state index contributed by atoms with van der Waals surface area (Å²) in [6, 6.07) is 24.5. The lowest BCUT2D eigenvalue weighted by Crippen LogP contribution is -2.27. The SMILES string of the molecule is Cc1ccc(C(C)NC(=O)c2ccccc2SCc2ccccc2)c(C)c1. The number of nitrogens with one attached hydrogen (secondary N) is 1. The van der Waals surface area contributed by atoms with Gasteiger partial charge in [0, 0.05) is 10.6 Å². The Kier molecular flexibility index (Phi) is 6.36. The van der Waals surface area contributed by atoms with Gasteiger partial charge in [-0.05, 0) is 49.6 Å². The maximum atomic E-state index is 12.9. The van der Waals surface area contributed by atoms with Crippen LogP contribution in [0.15, 0.2) is 77.7 Å². The predicted molar refractivity (Wildman–Crippen MR) is 114 cm³/mol. The molecule has 138 valence electrons. The Labute approximate surface area is 166 Å². The minimum atomic E-state index is -0.0368. The number of hydrogen-bond acceptors (Lipinski definition) is 2. The molecular weight excluding hydrogens is 350 g/mol. The van der Waals surface area contributed by atoms with E-state index in [-0.39, 0.29) is 11.9 Å². The van der Waals surface area contributed by atoms with Gasteiger partial charge in [-0.2, -0.15) is 0 Å². The molecule has 3 rings (SSSR count). The third-order valence-electron chi connectivity index (χ3n) is 4.61. The van der Waals surface area contributed by atoms with E-state index in [4.69, 9.17) is 0 Å². The molecule has 0 fully saturated rings. The van der Waals surface area contributed by atoms with Crippen molar-refractivity contribution in [2.24, 2.45) is 0 Å². The third kappa shape index (κ3) is 5.01. The number of rotatable bonds is 6. The van der Waals surface area contributed by atoms with Crippen LogP contribution in [0.25, 0.3) is 0 Å². The quantitative estimate of drug-likeness (QED) is 0.528. The lowest BCUT2D eigenvalue weighted by Gasteiger charge is -2.18. The smallest absolute Gasteiger partial charge is 0.252 e. The summed E-state index contributed by atoms with van der Waals surface area (Å²) in [6.07, 6.45) is 0. The second kappa shape index (κ2) is 8.92. The van der Waals surface area contributed by atoms with Gasteiger partial charge in [0.15, 0.2) is 0 Å². The van der Waals surface area contributed by atoms with Crippen molar-refractivity contribution in [3.63, 3.8) is 0 Å². The lowest BCUT2D eigenvalue weighted by atomic mass is 10.00. The molecule has 0 saturated heterocycles. The van der Waals surface area contributed by atoms with Gasteiger partial charge in [0.1, 0.15) is 0 Å². The van der Waals surface area contributed by atoms with Gasteiger partial charge in [-0.3, -0.25) is 4.79 Å². The molecule has 0 saturated carbocycles. The summed E-state index contributed by atoms with van der Waals surface area (Å²) in [5.74, 6) is 0.816. The molecule has 1 amide bonds. The predicted octanol–water partition coefficient (Wildman–Crippen LogP) is 6.09. The second-order valence-electron chi connectivity index (χ2n) is 6.83. The average Bonchev–Trinajstić information content (AvgIpc) is 2.67. The molecule has 0 spiro atoms. The molecule has 1 unspecified atom stereocenters. The average molecular weight is 376 g/mol. The van der Waals surface area contributed by atoms with Crippen molar-refractivity contribution in [3.8, 4) is 0 Å². The van der Waals surface area contributed by atoms with Crippen LogP contribution in [0.3, 0.4) is 0 Å². The van der Waals surface area contributed by atoms with E-state index in [0.29, 0.717) is 0 Å². The molecule has 3 aromatic carbocycles. The van der Waals surface area contributed by atoms with Gasteiger partial charge < -0.3 is 5.32 Å². The third-order valence-corrected chi connectivity index (χ3v) is 5.75. The Morgan fingerprint density at radius 1 is 0.963 bits per heavy atom. The van der Waals surface area contributed by atoms with E-state index in [0.717, 1.165) is 21.8 Å².